The summed E-state index contributed by atoms with van der Waals surface area (Å²) in [5.74, 6) is 0.122. The van der Waals surface area contributed by atoms with Gasteiger partial charge in [0.15, 0.2) is 0 Å². The number of pyridine rings is 1. The monoisotopic (exact) mass is 309 g/mol. The molecule has 2 aromatic rings. The number of amides is 1. The van der Waals surface area contributed by atoms with Gasteiger partial charge in [-0.15, -0.1) is 0 Å². The molecular weight excluding hydrogens is 298 g/mol. The van der Waals surface area contributed by atoms with Crippen molar-refractivity contribution in [3.8, 4) is 0 Å². The van der Waals surface area contributed by atoms with Gasteiger partial charge >= 0.3 is 0 Å². The van der Waals surface area contributed by atoms with Crippen LogP contribution in [0.5, 0.6) is 0 Å². The Balaban J connectivity index is 2.28. The number of hydrogen-bond donors (Lipinski definition) is 2. The fourth-order valence-corrected chi connectivity index (χ4v) is 1.89. The van der Waals surface area contributed by atoms with Crippen LogP contribution in [0.1, 0.15) is 17.4 Å². The number of nitrogens with zero attached hydrogens (tertiary/aromatic N) is 3. The second-order valence-electron chi connectivity index (χ2n) is 3.55. The van der Waals surface area contributed by atoms with Gasteiger partial charge in [0.05, 0.1) is 16.4 Å². The van der Waals surface area contributed by atoms with E-state index in [9.17, 15) is 4.79 Å². The Morgan fingerprint density at radius 1 is 1.61 bits per heavy atom. The number of rotatable bonds is 3. The molecule has 3 N–H and O–H groups in total. The second kappa shape index (κ2) is 5.18. The highest BCUT2D eigenvalue weighted by atomic mass is 79.9. The highest BCUT2D eigenvalue weighted by Gasteiger charge is 2.17. The van der Waals surface area contributed by atoms with Crippen molar-refractivity contribution >= 4 is 33.3 Å². The van der Waals surface area contributed by atoms with Gasteiger partial charge in [-0.1, -0.05) is 0 Å². The van der Waals surface area contributed by atoms with Crippen LogP contribution in [0, 0.1) is 0 Å². The van der Waals surface area contributed by atoms with Crippen molar-refractivity contribution in [2.75, 3.05) is 11.1 Å². The van der Waals surface area contributed by atoms with Gasteiger partial charge in [0.25, 0.3) is 5.91 Å². The molecule has 2 heterocycles. The van der Waals surface area contributed by atoms with E-state index in [1.54, 1.807) is 23.0 Å². The molecule has 0 aromatic carbocycles. The van der Waals surface area contributed by atoms with Crippen LogP contribution in [0.15, 0.2) is 29.0 Å². The van der Waals surface area contributed by atoms with Crippen molar-refractivity contribution < 1.29 is 4.79 Å². The van der Waals surface area contributed by atoms with Gasteiger partial charge in [0.2, 0.25) is 0 Å². The van der Waals surface area contributed by atoms with E-state index < -0.39 is 0 Å². The molecule has 1 amide bonds. The number of nitrogens with one attached hydrogen (secondary N) is 1. The lowest BCUT2D eigenvalue weighted by molar-refractivity contribution is 0.101. The van der Waals surface area contributed by atoms with Crippen LogP contribution < -0.4 is 11.1 Å². The summed E-state index contributed by atoms with van der Waals surface area (Å²) in [6, 6.07) is 3.56. The minimum absolute atomic E-state index is 0.328. The number of carbonyl (C=O) groups excluding carboxylic acids is 1. The zero-order valence-corrected chi connectivity index (χ0v) is 11.3. The molecule has 0 saturated carbocycles. The minimum Gasteiger partial charge on any atom is -0.396 e. The summed E-state index contributed by atoms with van der Waals surface area (Å²) >= 11 is 3.31. The number of halogens is 1. The van der Waals surface area contributed by atoms with Gasteiger partial charge in [-0.2, -0.15) is 5.10 Å². The van der Waals surface area contributed by atoms with Gasteiger partial charge in [-0.3, -0.25) is 9.48 Å². The Morgan fingerprint density at radius 3 is 3.06 bits per heavy atom. The van der Waals surface area contributed by atoms with E-state index in [2.05, 4.69) is 31.3 Å². The van der Waals surface area contributed by atoms with E-state index in [0.29, 0.717) is 28.2 Å². The van der Waals surface area contributed by atoms with Gasteiger partial charge in [0, 0.05) is 12.7 Å². The van der Waals surface area contributed by atoms with E-state index in [0.717, 1.165) is 0 Å². The van der Waals surface area contributed by atoms with Gasteiger partial charge < -0.3 is 11.1 Å². The fraction of sp³-hybridized carbons (Fsp3) is 0.182. The first-order valence-corrected chi connectivity index (χ1v) is 6.16. The summed E-state index contributed by atoms with van der Waals surface area (Å²) in [6.45, 7) is 2.46. The third-order valence-electron chi connectivity index (χ3n) is 2.37. The Kier molecular flexibility index (Phi) is 3.61. The average Bonchev–Trinajstić information content (AvgIpc) is 2.73. The summed E-state index contributed by atoms with van der Waals surface area (Å²) in [7, 11) is 0. The molecule has 0 bridgehead atoms. The average molecular weight is 310 g/mol. The molecule has 0 aliphatic heterocycles. The van der Waals surface area contributed by atoms with Crippen LogP contribution in [-0.2, 0) is 6.54 Å². The second-order valence-corrected chi connectivity index (χ2v) is 4.41. The van der Waals surface area contributed by atoms with E-state index in [4.69, 9.17) is 5.73 Å². The zero-order valence-electron chi connectivity index (χ0n) is 9.72. The summed E-state index contributed by atoms with van der Waals surface area (Å²) in [6.07, 6.45) is 3.06. The Morgan fingerprint density at radius 2 is 2.39 bits per heavy atom. The van der Waals surface area contributed by atoms with Crippen LogP contribution in [0.3, 0.4) is 0 Å². The maximum atomic E-state index is 12.1. The number of anilines is 2. The number of aromatic nitrogens is 3. The third-order valence-corrected chi connectivity index (χ3v) is 3.01. The van der Waals surface area contributed by atoms with Crippen LogP contribution >= 0.6 is 15.9 Å². The maximum Gasteiger partial charge on any atom is 0.277 e. The van der Waals surface area contributed by atoms with Crippen molar-refractivity contribution in [2.45, 2.75) is 13.5 Å². The van der Waals surface area contributed by atoms with E-state index in [1.807, 2.05) is 6.92 Å². The number of nitrogens with two attached hydrogens (primary N) is 1. The minimum atomic E-state index is -0.328. The summed E-state index contributed by atoms with van der Waals surface area (Å²) in [4.78, 5) is 16.2. The predicted molar refractivity (Wildman–Crippen MR) is 72.2 cm³/mol. The van der Waals surface area contributed by atoms with E-state index in [1.165, 1.54) is 6.20 Å². The van der Waals surface area contributed by atoms with Crippen LogP contribution in [0.2, 0.25) is 0 Å². The topological polar surface area (TPSA) is 85.8 Å². The molecule has 6 nitrogen and oxygen atoms in total. The molecule has 0 radical (unpaired) electrons. The number of nitrogen functional groups attached to an aromatic ring is 1. The first kappa shape index (κ1) is 12.6. The Bertz CT molecular complexity index is 581. The molecule has 0 fully saturated rings. The highest BCUT2D eigenvalue weighted by molar-refractivity contribution is 9.10. The van der Waals surface area contributed by atoms with Gasteiger partial charge in [-0.25, -0.2) is 4.98 Å². The highest BCUT2D eigenvalue weighted by Crippen LogP contribution is 2.20. The fourth-order valence-electron chi connectivity index (χ4n) is 1.53. The van der Waals surface area contributed by atoms with Crippen molar-refractivity contribution in [3.05, 3.63) is 34.7 Å². The lowest BCUT2D eigenvalue weighted by Crippen LogP contribution is -2.19. The van der Waals surface area contributed by atoms with Crippen molar-refractivity contribution in [1.29, 1.82) is 0 Å². The molecule has 0 unspecified atom stereocenters. The molecule has 2 aromatic heterocycles. The van der Waals surface area contributed by atoms with Crippen LogP contribution in [0.25, 0.3) is 0 Å². The normalized spacial score (nSPS) is 10.3. The maximum absolute atomic E-state index is 12.1. The van der Waals surface area contributed by atoms with Gasteiger partial charge in [-0.05, 0) is 35.0 Å². The lowest BCUT2D eigenvalue weighted by Gasteiger charge is -2.08. The molecule has 18 heavy (non-hydrogen) atoms. The number of carbonyl (C=O) groups is 1. The molecule has 0 aliphatic rings. The van der Waals surface area contributed by atoms with E-state index in [-0.39, 0.29) is 5.91 Å². The summed E-state index contributed by atoms with van der Waals surface area (Å²) in [5.41, 5.74) is 6.42. The Labute approximate surface area is 112 Å². The Hall–Kier alpha value is -1.89. The van der Waals surface area contributed by atoms with Crippen molar-refractivity contribution in [3.63, 3.8) is 0 Å². The third kappa shape index (κ3) is 2.35. The molecule has 0 saturated heterocycles. The zero-order chi connectivity index (χ0) is 13.1. The van der Waals surface area contributed by atoms with E-state index >= 15 is 0 Å². The molecular formula is C11H12BrN5O. The first-order valence-electron chi connectivity index (χ1n) is 5.36. The van der Waals surface area contributed by atoms with Crippen molar-refractivity contribution in [1.82, 2.24) is 14.8 Å². The smallest absolute Gasteiger partial charge is 0.277 e. The molecule has 0 atom stereocenters. The van der Waals surface area contributed by atoms with Crippen molar-refractivity contribution in [2.24, 2.45) is 0 Å². The number of aryl methyl sites for hydroxylation is 1. The molecule has 0 aliphatic carbocycles. The molecule has 94 valence electrons. The lowest BCUT2D eigenvalue weighted by atomic mass is 10.3. The first-order chi connectivity index (χ1) is 8.63. The molecule has 2 rings (SSSR count). The summed E-state index contributed by atoms with van der Waals surface area (Å²) < 4.78 is 2.25. The molecule has 0 spiro atoms. The number of hydrogen-bond acceptors (Lipinski definition) is 4. The predicted octanol–water partition coefficient (Wildman–Crippen LogP) is 1.89. The summed E-state index contributed by atoms with van der Waals surface area (Å²) in [5, 5.41) is 6.71. The molecule has 7 heteroatoms. The van der Waals surface area contributed by atoms with Crippen LogP contribution in [0.4, 0.5) is 11.5 Å². The van der Waals surface area contributed by atoms with Gasteiger partial charge in [0.1, 0.15) is 11.5 Å². The SMILES string of the molecule is CCn1ncc(N)c1C(=O)Nc1ncccc1Br. The largest absolute Gasteiger partial charge is 0.396 e. The van der Waals surface area contributed by atoms with Crippen LogP contribution in [-0.4, -0.2) is 20.7 Å². The standard InChI is InChI=1S/C11H12BrN5O/c1-2-17-9(8(13)6-15-17)11(18)16-10-7(12)4-3-5-14-10/h3-6H,2,13H2,1H3,(H,14,16,18). The quantitative estimate of drug-likeness (QED) is 0.906.